The first-order valence-corrected chi connectivity index (χ1v) is 9.87. The molecule has 0 aromatic heterocycles. The summed E-state index contributed by atoms with van der Waals surface area (Å²) in [6, 6.07) is 7.68. The summed E-state index contributed by atoms with van der Waals surface area (Å²) < 4.78 is 10.0. The molecule has 29 heavy (non-hydrogen) atoms. The average molecular weight is 407 g/mol. The summed E-state index contributed by atoms with van der Waals surface area (Å²) in [5, 5.41) is 5.35. The van der Waals surface area contributed by atoms with Crippen LogP contribution >= 0.6 is 0 Å². The molecule has 162 valence electrons. The van der Waals surface area contributed by atoms with Crippen LogP contribution in [0.3, 0.4) is 0 Å². The number of esters is 1. The number of methoxy groups -OCH3 is 1. The number of rotatable bonds is 9. The van der Waals surface area contributed by atoms with Crippen molar-refractivity contribution in [2.45, 2.75) is 66.2 Å². The molecule has 0 saturated heterocycles. The van der Waals surface area contributed by atoms with Gasteiger partial charge < -0.3 is 20.1 Å². The number of amides is 2. The summed E-state index contributed by atoms with van der Waals surface area (Å²) in [5.41, 5.74) is 0.621. The maximum Gasteiger partial charge on any atom is 0.408 e. The van der Waals surface area contributed by atoms with Crippen molar-refractivity contribution < 1.29 is 23.9 Å². The fourth-order valence-electron chi connectivity index (χ4n) is 2.83. The molecule has 2 amide bonds. The molecule has 1 aromatic carbocycles. The second kappa shape index (κ2) is 11.4. The van der Waals surface area contributed by atoms with E-state index in [4.69, 9.17) is 9.47 Å². The summed E-state index contributed by atoms with van der Waals surface area (Å²) >= 11 is 0. The van der Waals surface area contributed by atoms with Gasteiger partial charge in [-0.05, 0) is 29.7 Å². The Balaban J connectivity index is 2.80. The van der Waals surface area contributed by atoms with Gasteiger partial charge in [-0.1, -0.05) is 65.0 Å². The number of ether oxygens (including phenoxy) is 2. The predicted molar refractivity (Wildman–Crippen MR) is 111 cm³/mol. The lowest BCUT2D eigenvalue weighted by Gasteiger charge is -2.27. The molecule has 0 bridgehead atoms. The number of alkyl carbamates (subject to hydrolysis) is 1. The fourth-order valence-corrected chi connectivity index (χ4v) is 2.83. The molecule has 0 spiro atoms. The van der Waals surface area contributed by atoms with E-state index >= 15 is 0 Å². The Bertz CT molecular complexity index is 668. The van der Waals surface area contributed by atoms with E-state index in [1.807, 2.05) is 65.0 Å². The van der Waals surface area contributed by atoms with Gasteiger partial charge in [0.15, 0.2) is 0 Å². The molecular formula is C22H34N2O5. The minimum atomic E-state index is -0.836. The van der Waals surface area contributed by atoms with Crippen LogP contribution in [0.1, 0.15) is 53.0 Å². The van der Waals surface area contributed by atoms with Crippen molar-refractivity contribution in [3.63, 3.8) is 0 Å². The van der Waals surface area contributed by atoms with Crippen molar-refractivity contribution in [3.8, 4) is 0 Å². The van der Waals surface area contributed by atoms with E-state index in [0.717, 1.165) is 5.56 Å². The number of hydrogen-bond donors (Lipinski definition) is 2. The van der Waals surface area contributed by atoms with Crippen molar-refractivity contribution >= 4 is 18.0 Å². The first-order chi connectivity index (χ1) is 13.5. The van der Waals surface area contributed by atoms with Gasteiger partial charge in [0.1, 0.15) is 18.7 Å². The molecule has 2 atom stereocenters. The molecule has 0 fully saturated rings. The second-order valence-electron chi connectivity index (χ2n) is 8.74. The Labute approximate surface area is 173 Å². The summed E-state index contributed by atoms with van der Waals surface area (Å²) in [5.74, 6) is -0.759. The summed E-state index contributed by atoms with van der Waals surface area (Å²) in [6.07, 6.45) is 0.144. The van der Waals surface area contributed by atoms with Crippen LogP contribution in [0.2, 0.25) is 0 Å². The number of benzene rings is 1. The maximum atomic E-state index is 12.9. The molecule has 0 heterocycles. The zero-order valence-corrected chi connectivity index (χ0v) is 18.3. The smallest absolute Gasteiger partial charge is 0.408 e. The first-order valence-electron chi connectivity index (χ1n) is 9.87. The van der Waals surface area contributed by atoms with Gasteiger partial charge in [-0.25, -0.2) is 9.59 Å². The van der Waals surface area contributed by atoms with Crippen LogP contribution in [0.4, 0.5) is 4.79 Å². The van der Waals surface area contributed by atoms with Gasteiger partial charge in [0, 0.05) is 0 Å². The number of nitrogens with one attached hydrogen (secondary N) is 2. The highest BCUT2D eigenvalue weighted by Crippen LogP contribution is 2.21. The van der Waals surface area contributed by atoms with Gasteiger partial charge in [-0.15, -0.1) is 0 Å². The third-order valence-electron chi connectivity index (χ3n) is 4.15. The van der Waals surface area contributed by atoms with Crippen molar-refractivity contribution in [3.05, 3.63) is 35.9 Å². The number of carbonyl (C=O) groups excluding carboxylic acids is 3. The Morgan fingerprint density at radius 2 is 1.62 bits per heavy atom. The van der Waals surface area contributed by atoms with Crippen LogP contribution in [0, 0.1) is 11.3 Å². The van der Waals surface area contributed by atoms with Crippen molar-refractivity contribution in [2.24, 2.45) is 11.3 Å². The highest BCUT2D eigenvalue weighted by atomic mass is 16.5. The minimum absolute atomic E-state index is 0.106. The third-order valence-corrected chi connectivity index (χ3v) is 4.15. The fraction of sp³-hybridized carbons (Fsp3) is 0.591. The lowest BCUT2D eigenvalue weighted by molar-refractivity contribution is -0.145. The van der Waals surface area contributed by atoms with E-state index in [1.165, 1.54) is 7.11 Å². The van der Waals surface area contributed by atoms with Crippen LogP contribution in [0.15, 0.2) is 30.3 Å². The minimum Gasteiger partial charge on any atom is -0.467 e. The Hall–Kier alpha value is -2.57. The Kier molecular flexibility index (Phi) is 9.65. The number of carbonyl (C=O) groups is 3. The molecule has 0 aliphatic rings. The van der Waals surface area contributed by atoms with E-state index in [-0.39, 0.29) is 17.9 Å². The molecule has 7 nitrogen and oxygen atoms in total. The Morgan fingerprint density at radius 3 is 2.14 bits per heavy atom. The zero-order chi connectivity index (χ0) is 22.0. The monoisotopic (exact) mass is 406 g/mol. The van der Waals surface area contributed by atoms with Crippen LogP contribution < -0.4 is 10.6 Å². The van der Waals surface area contributed by atoms with Crippen molar-refractivity contribution in [1.82, 2.24) is 10.6 Å². The van der Waals surface area contributed by atoms with E-state index in [0.29, 0.717) is 12.8 Å². The van der Waals surface area contributed by atoms with E-state index in [9.17, 15) is 14.4 Å². The lowest BCUT2D eigenvalue weighted by atomic mass is 9.87. The SMILES string of the molecule is COC(=O)[C@H](CC(C)C)NC(=O)[C@@H](CC(C)(C)C)NC(=O)OCc1ccccc1. The third kappa shape index (κ3) is 9.96. The standard InChI is InChI=1S/C22H34N2O5/c1-15(2)12-17(20(26)28-6)23-19(25)18(13-22(3,4)5)24-21(27)29-14-16-10-8-7-9-11-16/h7-11,15,17-18H,12-14H2,1-6H3,(H,23,25)(H,24,27)/t17-,18+/m0/s1. The van der Waals surface area contributed by atoms with Gasteiger partial charge >= 0.3 is 12.1 Å². The summed E-state index contributed by atoms with van der Waals surface area (Å²) in [4.78, 5) is 37.1. The number of hydrogen-bond acceptors (Lipinski definition) is 5. The molecule has 0 unspecified atom stereocenters. The predicted octanol–water partition coefficient (Wildman–Crippen LogP) is 3.42. The van der Waals surface area contributed by atoms with Crippen LogP contribution in [0.25, 0.3) is 0 Å². The largest absolute Gasteiger partial charge is 0.467 e. The van der Waals surface area contributed by atoms with Crippen molar-refractivity contribution in [2.75, 3.05) is 7.11 Å². The Morgan fingerprint density at radius 1 is 1.00 bits per heavy atom. The second-order valence-corrected chi connectivity index (χ2v) is 8.74. The van der Waals surface area contributed by atoms with Crippen molar-refractivity contribution in [1.29, 1.82) is 0 Å². The zero-order valence-electron chi connectivity index (χ0n) is 18.3. The molecule has 0 aliphatic carbocycles. The van der Waals surface area contributed by atoms with Gasteiger partial charge in [0.2, 0.25) is 5.91 Å². The summed E-state index contributed by atoms with van der Waals surface area (Å²) in [6.45, 7) is 9.92. The summed E-state index contributed by atoms with van der Waals surface area (Å²) in [7, 11) is 1.29. The molecule has 0 saturated carbocycles. The van der Waals surface area contributed by atoms with E-state index < -0.39 is 30.1 Å². The molecule has 1 rings (SSSR count). The molecule has 7 heteroatoms. The molecule has 1 aromatic rings. The first kappa shape index (κ1) is 24.5. The molecular weight excluding hydrogens is 372 g/mol. The maximum absolute atomic E-state index is 12.9. The van der Waals surface area contributed by atoms with E-state index in [2.05, 4.69) is 10.6 Å². The molecule has 2 N–H and O–H groups in total. The quantitative estimate of drug-likeness (QED) is 0.613. The van der Waals surface area contributed by atoms with Gasteiger partial charge in [0.25, 0.3) is 0 Å². The normalized spacial score (nSPS) is 13.3. The van der Waals surface area contributed by atoms with Gasteiger partial charge in [-0.2, -0.15) is 0 Å². The van der Waals surface area contributed by atoms with Gasteiger partial charge in [-0.3, -0.25) is 4.79 Å². The molecule has 0 aliphatic heterocycles. The van der Waals surface area contributed by atoms with Crippen LogP contribution in [-0.2, 0) is 25.7 Å². The highest BCUT2D eigenvalue weighted by Gasteiger charge is 2.31. The topological polar surface area (TPSA) is 93.7 Å². The average Bonchev–Trinajstić information content (AvgIpc) is 2.64. The van der Waals surface area contributed by atoms with E-state index in [1.54, 1.807) is 0 Å². The highest BCUT2D eigenvalue weighted by molar-refractivity contribution is 5.89. The lowest BCUT2D eigenvalue weighted by Crippen LogP contribution is -2.53. The van der Waals surface area contributed by atoms with Crippen LogP contribution in [0.5, 0.6) is 0 Å². The van der Waals surface area contributed by atoms with Crippen LogP contribution in [-0.4, -0.2) is 37.2 Å². The van der Waals surface area contributed by atoms with Gasteiger partial charge in [0.05, 0.1) is 7.11 Å². The molecule has 0 radical (unpaired) electrons.